The average molecular weight is 355 g/mol. The van der Waals surface area contributed by atoms with Crippen LogP contribution in [0.25, 0.3) is 0 Å². The van der Waals surface area contributed by atoms with E-state index in [0.717, 1.165) is 10.0 Å². The molecular weight excluding hydrogens is 345 g/mol. The first-order valence-corrected chi connectivity index (χ1v) is 6.04. The Labute approximate surface area is 120 Å². The topological polar surface area (TPSA) is 67.4 Å². The van der Waals surface area contributed by atoms with Crippen molar-refractivity contribution in [2.24, 2.45) is 0 Å². The molecule has 0 spiro atoms. The molecule has 20 heavy (non-hydrogen) atoms. The number of hydrogen-bond acceptors (Lipinski definition) is 3. The Balaban J connectivity index is 2.40. The summed E-state index contributed by atoms with van der Waals surface area (Å²) in [6.07, 6.45) is -5.06. The third-order valence-corrected chi connectivity index (χ3v) is 2.96. The molecule has 1 aromatic carbocycles. The van der Waals surface area contributed by atoms with Crippen molar-refractivity contribution in [1.82, 2.24) is 10.9 Å². The molecule has 0 saturated heterocycles. The number of alkyl halides is 3. The minimum Gasteiger partial charge on any atom is -0.484 e. The predicted octanol–water partition coefficient (Wildman–Crippen LogP) is 1.85. The Bertz CT molecular complexity index is 520. The largest absolute Gasteiger partial charge is 0.484 e. The van der Waals surface area contributed by atoms with E-state index in [4.69, 9.17) is 4.74 Å². The second-order valence-electron chi connectivity index (χ2n) is 3.70. The molecule has 0 bridgehead atoms. The van der Waals surface area contributed by atoms with E-state index in [0.29, 0.717) is 5.75 Å². The number of rotatable bonds is 3. The normalized spacial score (nSPS) is 10.8. The van der Waals surface area contributed by atoms with Gasteiger partial charge in [-0.3, -0.25) is 20.4 Å². The summed E-state index contributed by atoms with van der Waals surface area (Å²) in [5, 5.41) is 0. The van der Waals surface area contributed by atoms with Crippen LogP contribution in [0.5, 0.6) is 5.75 Å². The fourth-order valence-electron chi connectivity index (χ4n) is 1.09. The first kappa shape index (κ1) is 16.3. The third-order valence-electron chi connectivity index (χ3n) is 2.07. The highest BCUT2D eigenvalue weighted by Crippen LogP contribution is 2.21. The minimum atomic E-state index is -5.06. The van der Waals surface area contributed by atoms with Crippen LogP contribution in [0.1, 0.15) is 5.56 Å². The number of nitrogens with one attached hydrogen (secondary N) is 2. The summed E-state index contributed by atoms with van der Waals surface area (Å²) in [7, 11) is 0. The van der Waals surface area contributed by atoms with Crippen LogP contribution in [0.3, 0.4) is 0 Å². The maximum atomic E-state index is 11.8. The molecule has 0 aliphatic rings. The number of benzene rings is 1. The molecule has 0 saturated carbocycles. The van der Waals surface area contributed by atoms with Crippen LogP contribution in [0, 0.1) is 6.92 Å². The van der Waals surface area contributed by atoms with Crippen molar-refractivity contribution in [3.8, 4) is 5.75 Å². The molecule has 5 nitrogen and oxygen atoms in total. The van der Waals surface area contributed by atoms with Gasteiger partial charge in [-0.2, -0.15) is 13.2 Å². The van der Waals surface area contributed by atoms with Gasteiger partial charge in [-0.25, -0.2) is 0 Å². The molecule has 0 unspecified atom stereocenters. The van der Waals surface area contributed by atoms with Crippen molar-refractivity contribution in [3.05, 3.63) is 28.2 Å². The molecule has 0 aliphatic heterocycles. The Morgan fingerprint density at radius 2 is 1.95 bits per heavy atom. The maximum absolute atomic E-state index is 11.8. The summed E-state index contributed by atoms with van der Waals surface area (Å²) in [5.74, 6) is -2.79. The molecule has 1 rings (SSSR count). The smallest absolute Gasteiger partial charge is 0.472 e. The molecule has 110 valence electrons. The highest BCUT2D eigenvalue weighted by Gasteiger charge is 2.38. The molecule has 0 aliphatic carbocycles. The lowest BCUT2D eigenvalue weighted by atomic mass is 10.2. The standard InChI is InChI=1S/C11H10BrF3N2O3/c1-6-4-7(2-3-8(6)12)20-5-9(18)16-17-10(19)11(13,14)15/h2-4H,5H2,1H3,(H,16,18)(H,17,19). The van der Waals surface area contributed by atoms with E-state index < -0.39 is 24.6 Å². The number of carbonyl (C=O) groups excluding carboxylic acids is 2. The van der Waals surface area contributed by atoms with Crippen molar-refractivity contribution in [2.45, 2.75) is 13.1 Å². The Morgan fingerprint density at radius 3 is 2.50 bits per heavy atom. The van der Waals surface area contributed by atoms with E-state index in [-0.39, 0.29) is 0 Å². The summed E-state index contributed by atoms with van der Waals surface area (Å²) in [4.78, 5) is 21.6. The van der Waals surface area contributed by atoms with Crippen LogP contribution in [0.4, 0.5) is 13.2 Å². The van der Waals surface area contributed by atoms with Gasteiger partial charge in [-0.1, -0.05) is 15.9 Å². The monoisotopic (exact) mass is 354 g/mol. The number of aryl methyl sites for hydroxylation is 1. The van der Waals surface area contributed by atoms with Crippen molar-refractivity contribution in [1.29, 1.82) is 0 Å². The highest BCUT2D eigenvalue weighted by atomic mass is 79.9. The lowest BCUT2D eigenvalue weighted by Crippen LogP contribution is -2.49. The quantitative estimate of drug-likeness (QED) is 0.814. The van der Waals surface area contributed by atoms with Gasteiger partial charge in [0.25, 0.3) is 5.91 Å². The second kappa shape index (κ2) is 6.60. The zero-order valence-corrected chi connectivity index (χ0v) is 11.8. The van der Waals surface area contributed by atoms with E-state index in [2.05, 4.69) is 15.9 Å². The predicted molar refractivity (Wildman–Crippen MR) is 66.7 cm³/mol. The first-order chi connectivity index (χ1) is 9.20. The molecule has 0 heterocycles. The van der Waals surface area contributed by atoms with Gasteiger partial charge >= 0.3 is 12.1 Å². The summed E-state index contributed by atoms with van der Waals surface area (Å²) >= 11 is 3.28. The summed E-state index contributed by atoms with van der Waals surface area (Å²) in [6, 6.07) is 4.93. The number of ether oxygens (including phenoxy) is 1. The van der Waals surface area contributed by atoms with Gasteiger partial charge in [0.15, 0.2) is 6.61 Å². The molecule has 0 radical (unpaired) electrons. The number of hydrazine groups is 1. The third kappa shape index (κ3) is 5.08. The Morgan fingerprint density at radius 1 is 1.30 bits per heavy atom. The first-order valence-electron chi connectivity index (χ1n) is 5.25. The molecule has 0 aromatic heterocycles. The fraction of sp³-hybridized carbons (Fsp3) is 0.273. The lowest BCUT2D eigenvalue weighted by Gasteiger charge is -2.10. The molecule has 1 aromatic rings. The SMILES string of the molecule is Cc1cc(OCC(=O)NNC(=O)C(F)(F)F)ccc1Br. The second-order valence-corrected chi connectivity index (χ2v) is 4.55. The average Bonchev–Trinajstić information content (AvgIpc) is 2.36. The number of amides is 2. The minimum absolute atomic E-state index is 0.378. The van der Waals surface area contributed by atoms with Crippen molar-refractivity contribution in [3.63, 3.8) is 0 Å². The van der Waals surface area contributed by atoms with Gasteiger partial charge < -0.3 is 4.74 Å². The summed E-state index contributed by atoms with van der Waals surface area (Å²) in [5.41, 5.74) is 3.69. The van der Waals surface area contributed by atoms with E-state index >= 15 is 0 Å². The van der Waals surface area contributed by atoms with Crippen LogP contribution >= 0.6 is 15.9 Å². The zero-order valence-electron chi connectivity index (χ0n) is 10.2. The van der Waals surface area contributed by atoms with Crippen LogP contribution in [-0.2, 0) is 9.59 Å². The molecule has 0 fully saturated rings. The van der Waals surface area contributed by atoms with E-state index in [1.807, 2.05) is 0 Å². The van der Waals surface area contributed by atoms with Gasteiger partial charge in [0.1, 0.15) is 5.75 Å². The van der Waals surface area contributed by atoms with Crippen LogP contribution in [0.15, 0.2) is 22.7 Å². The zero-order chi connectivity index (χ0) is 15.3. The summed E-state index contributed by atoms with van der Waals surface area (Å²) in [6.45, 7) is 1.28. The number of halogens is 4. The van der Waals surface area contributed by atoms with Crippen molar-refractivity contribution in [2.75, 3.05) is 6.61 Å². The number of carbonyl (C=O) groups is 2. The summed E-state index contributed by atoms with van der Waals surface area (Å²) < 4.78 is 41.4. The van der Waals surface area contributed by atoms with E-state index in [9.17, 15) is 22.8 Å². The molecule has 2 amide bonds. The van der Waals surface area contributed by atoms with Gasteiger partial charge in [-0.15, -0.1) is 0 Å². The van der Waals surface area contributed by atoms with Crippen LogP contribution in [0.2, 0.25) is 0 Å². The van der Waals surface area contributed by atoms with E-state index in [1.54, 1.807) is 30.5 Å². The lowest BCUT2D eigenvalue weighted by molar-refractivity contribution is -0.175. The van der Waals surface area contributed by atoms with Crippen LogP contribution < -0.4 is 15.6 Å². The van der Waals surface area contributed by atoms with Gasteiger partial charge in [0.2, 0.25) is 0 Å². The molecule has 9 heteroatoms. The van der Waals surface area contributed by atoms with E-state index in [1.165, 1.54) is 5.43 Å². The maximum Gasteiger partial charge on any atom is 0.472 e. The van der Waals surface area contributed by atoms with Gasteiger partial charge in [0.05, 0.1) is 0 Å². The Hall–Kier alpha value is -1.77. The Kier molecular flexibility index (Phi) is 5.37. The highest BCUT2D eigenvalue weighted by molar-refractivity contribution is 9.10. The van der Waals surface area contributed by atoms with Gasteiger partial charge in [0, 0.05) is 4.47 Å². The van der Waals surface area contributed by atoms with Crippen LogP contribution in [-0.4, -0.2) is 24.6 Å². The van der Waals surface area contributed by atoms with Crippen molar-refractivity contribution >= 4 is 27.7 Å². The van der Waals surface area contributed by atoms with Gasteiger partial charge in [-0.05, 0) is 30.7 Å². The molecular formula is C11H10BrF3N2O3. The molecule has 0 atom stereocenters. The van der Waals surface area contributed by atoms with Crippen molar-refractivity contribution < 1.29 is 27.5 Å². The fourth-order valence-corrected chi connectivity index (χ4v) is 1.34. The molecule has 2 N–H and O–H groups in total. The number of hydrogen-bond donors (Lipinski definition) is 2.